The molecule has 0 atom stereocenters. The van der Waals surface area contributed by atoms with Crippen LogP contribution in [0.3, 0.4) is 0 Å². The minimum atomic E-state index is -0.223. The molecule has 0 saturated carbocycles. The molecule has 2 aromatic carbocycles. The van der Waals surface area contributed by atoms with Gasteiger partial charge in [-0.15, -0.1) is 0 Å². The van der Waals surface area contributed by atoms with Crippen LogP contribution in [0, 0.1) is 0 Å². The number of fused-ring (bicyclic) bond motifs is 1. The summed E-state index contributed by atoms with van der Waals surface area (Å²) in [5, 5.41) is 2.93. The molecule has 6 heteroatoms. The van der Waals surface area contributed by atoms with Crippen molar-refractivity contribution in [1.82, 2.24) is 25.2 Å². The topological polar surface area (TPSA) is 73.9 Å². The Morgan fingerprint density at radius 1 is 1.07 bits per heavy atom. The maximum Gasteiger partial charge on any atom is 0.270 e. The van der Waals surface area contributed by atoms with Crippen LogP contribution in [0.2, 0.25) is 0 Å². The summed E-state index contributed by atoms with van der Waals surface area (Å²) in [7, 11) is 4.07. The minimum absolute atomic E-state index is 0.223. The molecule has 0 bridgehead atoms. The molecule has 2 aromatic heterocycles. The van der Waals surface area contributed by atoms with E-state index < -0.39 is 0 Å². The van der Waals surface area contributed by atoms with Crippen LogP contribution in [-0.2, 0) is 13.1 Å². The quantitative estimate of drug-likeness (QED) is 0.532. The van der Waals surface area contributed by atoms with Gasteiger partial charge in [-0.05, 0) is 49.5 Å². The number of hydrogen-bond acceptors (Lipinski definition) is 4. The van der Waals surface area contributed by atoms with Crippen LogP contribution in [0.5, 0.6) is 0 Å². The molecule has 6 nitrogen and oxygen atoms in total. The third-order valence-corrected chi connectivity index (χ3v) is 4.61. The van der Waals surface area contributed by atoms with Gasteiger partial charge in [0.2, 0.25) is 0 Å². The summed E-state index contributed by atoms with van der Waals surface area (Å²) < 4.78 is 0. The van der Waals surface area contributed by atoms with Crippen LogP contribution in [0.15, 0.2) is 66.9 Å². The van der Waals surface area contributed by atoms with Gasteiger partial charge in [-0.1, -0.05) is 36.4 Å². The summed E-state index contributed by atoms with van der Waals surface area (Å²) >= 11 is 0. The van der Waals surface area contributed by atoms with Gasteiger partial charge >= 0.3 is 0 Å². The van der Waals surface area contributed by atoms with E-state index in [9.17, 15) is 4.79 Å². The van der Waals surface area contributed by atoms with Crippen molar-refractivity contribution < 1.29 is 4.79 Å². The van der Waals surface area contributed by atoms with Crippen LogP contribution in [-0.4, -0.2) is 39.9 Å². The second-order valence-electron chi connectivity index (χ2n) is 7.22. The smallest absolute Gasteiger partial charge is 0.270 e. The van der Waals surface area contributed by atoms with Crippen molar-refractivity contribution in [2.75, 3.05) is 14.1 Å². The van der Waals surface area contributed by atoms with Crippen molar-refractivity contribution >= 4 is 16.9 Å². The molecule has 0 aliphatic heterocycles. The number of H-pyrrole nitrogens is 1. The normalized spacial score (nSPS) is 11.1. The number of carbonyl (C=O) groups excluding carboxylic acids is 1. The third-order valence-electron chi connectivity index (χ3n) is 4.61. The largest absolute Gasteiger partial charge is 0.343 e. The van der Waals surface area contributed by atoms with Gasteiger partial charge in [0.25, 0.3) is 5.91 Å². The lowest BCUT2D eigenvalue weighted by molar-refractivity contribution is 0.0945. The van der Waals surface area contributed by atoms with Crippen molar-refractivity contribution in [3.63, 3.8) is 0 Å². The first-order valence-corrected chi connectivity index (χ1v) is 9.51. The predicted molar refractivity (Wildman–Crippen MR) is 114 cm³/mol. The number of nitrogens with one attached hydrogen (secondary N) is 2. The summed E-state index contributed by atoms with van der Waals surface area (Å²) in [4.78, 5) is 27.1. The Labute approximate surface area is 169 Å². The molecule has 0 radical (unpaired) electrons. The standard InChI is InChI=1S/C23H23N5O/c1-28(2)15-16-7-5-8-17(13-16)18-9-6-12-24-22(18)23(29)25-14-21-26-19-10-3-4-11-20(19)27-21/h3-13H,14-15H2,1-2H3,(H,25,29)(H,26,27). The molecule has 4 aromatic rings. The SMILES string of the molecule is CN(C)Cc1cccc(-c2cccnc2C(=O)NCc2nc3ccccc3[nH]2)c1. The van der Waals surface area contributed by atoms with E-state index in [1.54, 1.807) is 6.20 Å². The summed E-state index contributed by atoms with van der Waals surface area (Å²) in [6.07, 6.45) is 1.64. The Kier molecular flexibility index (Phi) is 5.35. The number of para-hydroxylation sites is 2. The Morgan fingerprint density at radius 2 is 1.93 bits per heavy atom. The van der Waals surface area contributed by atoms with E-state index in [0.717, 1.165) is 28.7 Å². The molecule has 0 saturated heterocycles. The zero-order valence-electron chi connectivity index (χ0n) is 16.5. The lowest BCUT2D eigenvalue weighted by Gasteiger charge is -2.12. The average Bonchev–Trinajstić information content (AvgIpc) is 3.15. The monoisotopic (exact) mass is 385 g/mol. The Morgan fingerprint density at radius 3 is 2.76 bits per heavy atom. The second kappa shape index (κ2) is 8.24. The van der Waals surface area contributed by atoms with Gasteiger partial charge < -0.3 is 15.2 Å². The van der Waals surface area contributed by atoms with Crippen molar-refractivity contribution in [1.29, 1.82) is 0 Å². The number of carbonyl (C=O) groups is 1. The number of aromatic amines is 1. The van der Waals surface area contributed by atoms with Crippen molar-refractivity contribution in [3.8, 4) is 11.1 Å². The highest BCUT2D eigenvalue weighted by Crippen LogP contribution is 2.24. The molecule has 0 aliphatic carbocycles. The number of benzene rings is 2. The van der Waals surface area contributed by atoms with E-state index in [1.807, 2.05) is 62.6 Å². The molecule has 0 unspecified atom stereocenters. The van der Waals surface area contributed by atoms with Crippen LogP contribution in [0.1, 0.15) is 21.9 Å². The van der Waals surface area contributed by atoms with E-state index in [1.165, 1.54) is 5.56 Å². The van der Waals surface area contributed by atoms with E-state index in [4.69, 9.17) is 0 Å². The maximum absolute atomic E-state index is 12.9. The molecule has 1 amide bonds. The zero-order chi connectivity index (χ0) is 20.2. The molecule has 146 valence electrons. The zero-order valence-corrected chi connectivity index (χ0v) is 16.5. The summed E-state index contributed by atoms with van der Waals surface area (Å²) in [5.41, 5.74) is 5.22. The average molecular weight is 385 g/mol. The number of imidazole rings is 1. The maximum atomic E-state index is 12.9. The van der Waals surface area contributed by atoms with Crippen molar-refractivity contribution in [2.45, 2.75) is 13.1 Å². The molecule has 0 fully saturated rings. The number of hydrogen-bond donors (Lipinski definition) is 2. The van der Waals surface area contributed by atoms with Gasteiger partial charge in [-0.2, -0.15) is 0 Å². The summed E-state index contributed by atoms with van der Waals surface area (Å²) in [6, 6.07) is 19.8. The lowest BCUT2D eigenvalue weighted by Crippen LogP contribution is -2.25. The molecule has 4 rings (SSSR count). The number of aromatic nitrogens is 3. The highest BCUT2D eigenvalue weighted by atomic mass is 16.1. The van der Waals surface area contributed by atoms with Crippen LogP contribution < -0.4 is 5.32 Å². The van der Waals surface area contributed by atoms with Gasteiger partial charge in [0.1, 0.15) is 11.5 Å². The molecule has 2 heterocycles. The molecule has 0 aliphatic rings. The fraction of sp³-hybridized carbons (Fsp3) is 0.174. The first-order valence-electron chi connectivity index (χ1n) is 9.51. The first kappa shape index (κ1) is 18.8. The number of amides is 1. The molecular weight excluding hydrogens is 362 g/mol. The number of nitrogens with zero attached hydrogens (tertiary/aromatic N) is 3. The van der Waals surface area contributed by atoms with Crippen molar-refractivity contribution in [2.24, 2.45) is 0 Å². The number of pyridine rings is 1. The summed E-state index contributed by atoms with van der Waals surface area (Å²) in [6.45, 7) is 1.14. The van der Waals surface area contributed by atoms with Gasteiger partial charge in [-0.3, -0.25) is 9.78 Å². The second-order valence-corrected chi connectivity index (χ2v) is 7.22. The van der Waals surface area contributed by atoms with Gasteiger partial charge in [0.15, 0.2) is 0 Å². The number of rotatable bonds is 6. The van der Waals surface area contributed by atoms with Gasteiger partial charge in [0, 0.05) is 18.3 Å². The van der Waals surface area contributed by atoms with Crippen molar-refractivity contribution in [3.05, 3.63) is 83.9 Å². The fourth-order valence-electron chi connectivity index (χ4n) is 3.36. The summed E-state index contributed by atoms with van der Waals surface area (Å²) in [5.74, 6) is 0.490. The van der Waals surface area contributed by atoms with E-state index >= 15 is 0 Å². The first-order chi connectivity index (χ1) is 14.1. The van der Waals surface area contributed by atoms with Gasteiger partial charge in [-0.25, -0.2) is 4.98 Å². The molecule has 29 heavy (non-hydrogen) atoms. The highest BCUT2D eigenvalue weighted by Gasteiger charge is 2.15. The van der Waals surface area contributed by atoms with Crippen LogP contribution in [0.4, 0.5) is 0 Å². The van der Waals surface area contributed by atoms with E-state index in [-0.39, 0.29) is 5.91 Å². The van der Waals surface area contributed by atoms with Crippen LogP contribution in [0.25, 0.3) is 22.2 Å². The Bertz CT molecular complexity index is 1120. The minimum Gasteiger partial charge on any atom is -0.343 e. The Balaban J connectivity index is 1.55. The Hall–Kier alpha value is -3.51. The molecular formula is C23H23N5O. The third kappa shape index (κ3) is 4.33. The van der Waals surface area contributed by atoms with Crippen LogP contribution >= 0.6 is 0 Å². The lowest BCUT2D eigenvalue weighted by atomic mass is 10.0. The van der Waals surface area contributed by atoms with Gasteiger partial charge in [0.05, 0.1) is 17.6 Å². The van der Waals surface area contributed by atoms with E-state index in [0.29, 0.717) is 18.1 Å². The molecule has 2 N–H and O–H groups in total. The predicted octanol–water partition coefficient (Wildman–Crippen LogP) is 3.62. The molecule has 0 spiro atoms. The van der Waals surface area contributed by atoms with E-state index in [2.05, 4.69) is 37.3 Å². The highest BCUT2D eigenvalue weighted by molar-refractivity contribution is 5.98. The fourth-order valence-corrected chi connectivity index (χ4v) is 3.36.